The second kappa shape index (κ2) is 5.05. The molecule has 0 saturated heterocycles. The molecule has 0 saturated carbocycles. The summed E-state index contributed by atoms with van der Waals surface area (Å²) in [6, 6.07) is 16.0. The van der Waals surface area contributed by atoms with Gasteiger partial charge in [0.05, 0.1) is 11.7 Å². The van der Waals surface area contributed by atoms with E-state index >= 15 is 0 Å². The van der Waals surface area contributed by atoms with Gasteiger partial charge in [-0.1, -0.05) is 55.5 Å². The topological polar surface area (TPSA) is 71.8 Å². The number of fused-ring (bicyclic) bond motifs is 1. The normalized spacial score (nSPS) is 14.0. The number of amides is 1. The summed E-state index contributed by atoms with van der Waals surface area (Å²) in [4.78, 5) is 11.6. The molecule has 3 N–H and O–H groups in total. The van der Waals surface area contributed by atoms with E-state index in [9.17, 15) is 4.79 Å². The predicted octanol–water partition coefficient (Wildman–Crippen LogP) is 2.74. The molecule has 0 fully saturated rings. The summed E-state index contributed by atoms with van der Waals surface area (Å²) in [6.07, 6.45) is 2.03. The zero-order valence-electron chi connectivity index (χ0n) is 11.8. The number of hydrogen-bond donors (Lipinski definition) is 2. The number of para-hydroxylation sites is 1. The minimum absolute atomic E-state index is 0.245. The Bertz CT molecular complexity index is 779. The van der Waals surface area contributed by atoms with Gasteiger partial charge in [-0.3, -0.25) is 9.89 Å². The molecule has 0 radical (unpaired) electrons. The van der Waals surface area contributed by atoms with Crippen LogP contribution in [0.15, 0.2) is 54.7 Å². The fraction of sp³-hybridized carbons (Fsp3) is 0.176. The Kier molecular flexibility index (Phi) is 3.22. The van der Waals surface area contributed by atoms with Crippen LogP contribution in [0.5, 0.6) is 0 Å². The number of nitrogens with one attached hydrogen (secondary N) is 1. The summed E-state index contributed by atoms with van der Waals surface area (Å²) in [5, 5.41) is 8.17. The maximum absolute atomic E-state index is 11.6. The van der Waals surface area contributed by atoms with Gasteiger partial charge in [-0.2, -0.15) is 5.10 Å². The van der Waals surface area contributed by atoms with Crippen LogP contribution in [0.3, 0.4) is 0 Å². The van der Waals surface area contributed by atoms with Crippen molar-refractivity contribution in [2.24, 2.45) is 5.73 Å². The van der Waals surface area contributed by atoms with Crippen LogP contribution in [0.25, 0.3) is 10.9 Å². The van der Waals surface area contributed by atoms with E-state index in [0.29, 0.717) is 0 Å². The van der Waals surface area contributed by atoms with Crippen molar-refractivity contribution in [2.45, 2.75) is 18.8 Å². The van der Waals surface area contributed by atoms with Crippen molar-refractivity contribution in [3.63, 3.8) is 0 Å². The van der Waals surface area contributed by atoms with Gasteiger partial charge < -0.3 is 5.73 Å². The van der Waals surface area contributed by atoms with Gasteiger partial charge in [-0.05, 0) is 11.1 Å². The first kappa shape index (κ1) is 13.4. The van der Waals surface area contributed by atoms with E-state index in [4.69, 9.17) is 5.73 Å². The van der Waals surface area contributed by atoms with Gasteiger partial charge in [0, 0.05) is 17.2 Å². The summed E-state index contributed by atoms with van der Waals surface area (Å²) >= 11 is 0. The molecular weight excluding hydrogens is 262 g/mol. The fourth-order valence-electron chi connectivity index (χ4n) is 2.94. The van der Waals surface area contributed by atoms with Crippen molar-refractivity contribution in [3.05, 3.63) is 65.9 Å². The molecule has 3 aromatic rings. The van der Waals surface area contributed by atoms with Crippen LogP contribution in [0, 0.1) is 0 Å². The first-order chi connectivity index (χ1) is 10.1. The fourth-order valence-corrected chi connectivity index (χ4v) is 2.94. The Hall–Kier alpha value is -2.62. The van der Waals surface area contributed by atoms with E-state index in [-0.39, 0.29) is 12.3 Å². The third-order valence-electron chi connectivity index (χ3n) is 4.01. The number of aromatic amines is 1. The SMILES string of the molecule is CC(CC(N)=O)(c1ccccc1)c1cccc2cn[nH]c12. The van der Waals surface area contributed by atoms with Crippen LogP contribution in [0.2, 0.25) is 0 Å². The first-order valence-electron chi connectivity index (χ1n) is 6.88. The highest BCUT2D eigenvalue weighted by atomic mass is 16.1. The minimum atomic E-state index is -0.487. The molecule has 1 heterocycles. The smallest absolute Gasteiger partial charge is 0.218 e. The molecule has 0 spiro atoms. The molecule has 2 aromatic carbocycles. The number of benzene rings is 2. The average Bonchev–Trinajstić information content (AvgIpc) is 2.95. The highest BCUT2D eigenvalue weighted by Gasteiger charge is 2.32. The number of rotatable bonds is 4. The monoisotopic (exact) mass is 279 g/mol. The van der Waals surface area contributed by atoms with Crippen molar-refractivity contribution in [2.75, 3.05) is 0 Å². The number of hydrogen-bond acceptors (Lipinski definition) is 2. The summed E-state index contributed by atoms with van der Waals surface area (Å²) in [5.41, 5.74) is 8.06. The summed E-state index contributed by atoms with van der Waals surface area (Å²) in [5.74, 6) is -0.321. The Morgan fingerprint density at radius 2 is 1.95 bits per heavy atom. The molecular formula is C17H17N3O. The Balaban J connectivity index is 2.25. The number of H-pyrrole nitrogens is 1. The lowest BCUT2D eigenvalue weighted by molar-refractivity contribution is -0.118. The van der Waals surface area contributed by atoms with Gasteiger partial charge in [0.2, 0.25) is 5.91 Å². The maximum Gasteiger partial charge on any atom is 0.218 e. The standard InChI is InChI=1S/C17H17N3O/c1-17(10-15(18)21,13-7-3-2-4-8-13)14-9-5-6-12-11-19-20-16(12)14/h2-9,11H,10H2,1H3,(H2,18,21)(H,19,20). The Morgan fingerprint density at radius 1 is 1.19 bits per heavy atom. The minimum Gasteiger partial charge on any atom is -0.370 e. The molecule has 1 amide bonds. The molecule has 106 valence electrons. The van der Waals surface area contributed by atoms with Gasteiger partial charge in [0.25, 0.3) is 0 Å². The van der Waals surface area contributed by atoms with Crippen LogP contribution in [-0.4, -0.2) is 16.1 Å². The van der Waals surface area contributed by atoms with Gasteiger partial charge in [0.1, 0.15) is 0 Å². The van der Waals surface area contributed by atoms with Gasteiger partial charge in [0.15, 0.2) is 0 Å². The van der Waals surface area contributed by atoms with Crippen molar-refractivity contribution in [1.82, 2.24) is 10.2 Å². The molecule has 0 aliphatic carbocycles. The number of nitrogens with zero attached hydrogens (tertiary/aromatic N) is 1. The highest BCUT2D eigenvalue weighted by Crippen LogP contribution is 2.38. The molecule has 1 aromatic heterocycles. The molecule has 0 bridgehead atoms. The summed E-state index contributed by atoms with van der Waals surface area (Å²) < 4.78 is 0. The second-order valence-electron chi connectivity index (χ2n) is 5.48. The quantitative estimate of drug-likeness (QED) is 0.770. The Labute approximate surface area is 123 Å². The van der Waals surface area contributed by atoms with E-state index in [1.807, 2.05) is 55.5 Å². The molecule has 0 aliphatic rings. The van der Waals surface area contributed by atoms with Crippen LogP contribution in [0.4, 0.5) is 0 Å². The third kappa shape index (κ3) is 2.29. The lowest BCUT2D eigenvalue weighted by atomic mass is 9.73. The molecule has 4 nitrogen and oxygen atoms in total. The van der Waals surface area contributed by atoms with Crippen molar-refractivity contribution in [1.29, 1.82) is 0 Å². The molecule has 4 heteroatoms. The van der Waals surface area contributed by atoms with E-state index < -0.39 is 5.41 Å². The predicted molar refractivity (Wildman–Crippen MR) is 82.8 cm³/mol. The van der Waals surface area contributed by atoms with Crippen molar-refractivity contribution >= 4 is 16.8 Å². The van der Waals surface area contributed by atoms with Gasteiger partial charge in [-0.15, -0.1) is 0 Å². The Morgan fingerprint density at radius 3 is 2.67 bits per heavy atom. The van der Waals surface area contributed by atoms with Crippen LogP contribution < -0.4 is 5.73 Å². The van der Waals surface area contributed by atoms with Crippen LogP contribution >= 0.6 is 0 Å². The zero-order valence-corrected chi connectivity index (χ0v) is 11.8. The zero-order chi connectivity index (χ0) is 14.9. The van der Waals surface area contributed by atoms with Crippen LogP contribution in [-0.2, 0) is 10.2 Å². The number of aromatic nitrogens is 2. The molecule has 3 rings (SSSR count). The highest BCUT2D eigenvalue weighted by molar-refractivity contribution is 5.85. The number of carbonyl (C=O) groups is 1. The van der Waals surface area contributed by atoms with Gasteiger partial charge in [-0.25, -0.2) is 0 Å². The molecule has 21 heavy (non-hydrogen) atoms. The molecule has 0 aliphatic heterocycles. The van der Waals surface area contributed by atoms with Crippen molar-refractivity contribution in [3.8, 4) is 0 Å². The summed E-state index contributed by atoms with van der Waals surface area (Å²) in [7, 11) is 0. The second-order valence-corrected chi connectivity index (χ2v) is 5.48. The molecule has 1 unspecified atom stereocenters. The summed E-state index contributed by atoms with van der Waals surface area (Å²) in [6.45, 7) is 2.04. The van der Waals surface area contributed by atoms with Crippen molar-refractivity contribution < 1.29 is 4.79 Å². The van der Waals surface area contributed by atoms with Crippen LogP contribution in [0.1, 0.15) is 24.5 Å². The first-order valence-corrected chi connectivity index (χ1v) is 6.88. The lowest BCUT2D eigenvalue weighted by Crippen LogP contribution is -2.30. The van der Waals surface area contributed by atoms with Gasteiger partial charge >= 0.3 is 0 Å². The van der Waals surface area contributed by atoms with E-state index in [1.54, 1.807) is 6.20 Å². The molecule has 1 atom stereocenters. The van der Waals surface area contributed by atoms with E-state index in [1.165, 1.54) is 0 Å². The number of primary amides is 1. The number of carbonyl (C=O) groups excluding carboxylic acids is 1. The van der Waals surface area contributed by atoms with E-state index in [0.717, 1.165) is 22.0 Å². The average molecular weight is 279 g/mol. The maximum atomic E-state index is 11.6. The lowest BCUT2D eigenvalue weighted by Gasteiger charge is -2.30. The largest absolute Gasteiger partial charge is 0.370 e. The third-order valence-corrected chi connectivity index (χ3v) is 4.01. The number of nitrogens with two attached hydrogens (primary N) is 1. The van der Waals surface area contributed by atoms with E-state index in [2.05, 4.69) is 10.2 Å².